The molecule has 2 fully saturated rings. The lowest BCUT2D eigenvalue weighted by atomic mass is 10.0. The summed E-state index contributed by atoms with van der Waals surface area (Å²) in [6.07, 6.45) is 2.37. The monoisotopic (exact) mass is 281 g/mol. The molecule has 1 aliphatic heterocycles. The molecule has 0 radical (unpaired) electrons. The third kappa shape index (κ3) is 2.43. The number of hydrogen-bond donors (Lipinski definition) is 0. The van der Waals surface area contributed by atoms with Crippen LogP contribution in [0, 0.1) is 6.92 Å². The third-order valence-corrected chi connectivity index (χ3v) is 4.29. The van der Waals surface area contributed by atoms with Crippen molar-refractivity contribution in [2.24, 2.45) is 0 Å². The van der Waals surface area contributed by atoms with Gasteiger partial charge in [0.2, 0.25) is 0 Å². The molecular formula is C14H20ClN3O. The van der Waals surface area contributed by atoms with E-state index in [2.05, 4.69) is 23.7 Å². The van der Waals surface area contributed by atoms with Crippen LogP contribution in [-0.4, -0.2) is 35.3 Å². The van der Waals surface area contributed by atoms with Crippen LogP contribution in [0.3, 0.4) is 0 Å². The normalized spacial score (nSPS) is 22.6. The van der Waals surface area contributed by atoms with Crippen LogP contribution >= 0.6 is 11.6 Å². The summed E-state index contributed by atoms with van der Waals surface area (Å²) in [6, 6.07) is 0. The van der Waals surface area contributed by atoms with E-state index in [1.54, 1.807) is 0 Å². The van der Waals surface area contributed by atoms with Gasteiger partial charge in [0, 0.05) is 18.0 Å². The number of aromatic nitrogens is 2. The Morgan fingerprint density at radius 1 is 1.32 bits per heavy atom. The molecule has 0 unspecified atom stereocenters. The second-order valence-corrected chi connectivity index (χ2v) is 6.47. The van der Waals surface area contributed by atoms with Crippen LogP contribution in [0.2, 0.25) is 5.15 Å². The van der Waals surface area contributed by atoms with Crippen LogP contribution in [0.1, 0.15) is 44.0 Å². The van der Waals surface area contributed by atoms with Gasteiger partial charge in [0.05, 0.1) is 18.8 Å². The van der Waals surface area contributed by atoms with Crippen LogP contribution in [0.25, 0.3) is 0 Å². The molecular weight excluding hydrogens is 262 g/mol. The van der Waals surface area contributed by atoms with E-state index in [1.807, 2.05) is 6.92 Å². The fourth-order valence-electron chi connectivity index (χ4n) is 2.53. The Morgan fingerprint density at radius 2 is 2.05 bits per heavy atom. The SMILES string of the molecule is Cc1c(Cl)nc(C2CC2)nc1N1CCOCC1(C)C. The molecule has 1 aromatic rings. The van der Waals surface area contributed by atoms with Crippen LogP contribution < -0.4 is 4.90 Å². The first-order valence-corrected chi connectivity index (χ1v) is 7.26. The first-order valence-electron chi connectivity index (χ1n) is 6.88. The quantitative estimate of drug-likeness (QED) is 0.781. The highest BCUT2D eigenvalue weighted by Crippen LogP contribution is 2.40. The smallest absolute Gasteiger partial charge is 0.137 e. The van der Waals surface area contributed by atoms with Gasteiger partial charge in [-0.15, -0.1) is 0 Å². The standard InChI is InChI=1S/C14H20ClN3O/c1-9-11(15)16-12(10-4-5-10)17-13(9)18-6-7-19-8-14(18,2)3/h10H,4-8H2,1-3H3. The summed E-state index contributed by atoms with van der Waals surface area (Å²) in [5.74, 6) is 2.41. The van der Waals surface area contributed by atoms with Gasteiger partial charge in [-0.1, -0.05) is 11.6 Å². The molecule has 0 spiro atoms. The number of rotatable bonds is 2. The predicted molar refractivity (Wildman–Crippen MR) is 76.0 cm³/mol. The molecule has 1 saturated carbocycles. The van der Waals surface area contributed by atoms with Crippen LogP contribution in [0.15, 0.2) is 0 Å². The fourth-order valence-corrected chi connectivity index (χ4v) is 2.70. The van der Waals surface area contributed by atoms with Crippen molar-refractivity contribution in [3.05, 3.63) is 16.5 Å². The van der Waals surface area contributed by atoms with E-state index in [1.165, 1.54) is 12.8 Å². The molecule has 1 aromatic heterocycles. The maximum Gasteiger partial charge on any atom is 0.137 e. The van der Waals surface area contributed by atoms with Crippen molar-refractivity contribution in [2.75, 3.05) is 24.7 Å². The van der Waals surface area contributed by atoms with Crippen LogP contribution in [0.5, 0.6) is 0 Å². The second kappa shape index (κ2) is 4.60. The molecule has 2 heterocycles. The number of ether oxygens (including phenoxy) is 1. The first-order chi connectivity index (χ1) is 8.99. The largest absolute Gasteiger partial charge is 0.377 e. The molecule has 5 heteroatoms. The molecule has 0 atom stereocenters. The Hall–Kier alpha value is -0.870. The van der Waals surface area contributed by atoms with Gasteiger partial charge >= 0.3 is 0 Å². The van der Waals surface area contributed by atoms with Crippen LogP contribution in [-0.2, 0) is 4.74 Å². The molecule has 2 aliphatic rings. The number of morpholine rings is 1. The highest BCUT2D eigenvalue weighted by Gasteiger charge is 2.35. The van der Waals surface area contributed by atoms with Crippen molar-refractivity contribution < 1.29 is 4.74 Å². The second-order valence-electron chi connectivity index (χ2n) is 6.11. The molecule has 3 rings (SSSR count). The summed E-state index contributed by atoms with van der Waals surface area (Å²) in [5, 5.41) is 0.592. The van der Waals surface area contributed by atoms with Crippen molar-refractivity contribution >= 4 is 17.4 Å². The summed E-state index contributed by atoms with van der Waals surface area (Å²) in [5.41, 5.74) is 0.919. The van der Waals surface area contributed by atoms with Gasteiger partial charge < -0.3 is 9.64 Å². The van der Waals surface area contributed by atoms with E-state index in [0.717, 1.165) is 30.4 Å². The third-order valence-electron chi connectivity index (χ3n) is 3.92. The Morgan fingerprint density at radius 3 is 2.68 bits per heavy atom. The lowest BCUT2D eigenvalue weighted by Crippen LogP contribution is -2.53. The number of nitrogens with zero attached hydrogens (tertiary/aromatic N) is 3. The van der Waals surface area contributed by atoms with Crippen molar-refractivity contribution in [2.45, 2.75) is 45.1 Å². The fraction of sp³-hybridized carbons (Fsp3) is 0.714. The van der Waals surface area contributed by atoms with Gasteiger partial charge in [-0.25, -0.2) is 9.97 Å². The maximum absolute atomic E-state index is 6.29. The van der Waals surface area contributed by atoms with Gasteiger partial charge in [-0.3, -0.25) is 0 Å². The minimum atomic E-state index is -0.0541. The molecule has 0 N–H and O–H groups in total. The number of anilines is 1. The van der Waals surface area contributed by atoms with Gasteiger partial charge in [-0.2, -0.15) is 0 Å². The lowest BCUT2D eigenvalue weighted by molar-refractivity contribution is 0.0638. The minimum Gasteiger partial charge on any atom is -0.377 e. The highest BCUT2D eigenvalue weighted by molar-refractivity contribution is 6.30. The Bertz CT molecular complexity index is 500. The molecule has 0 bridgehead atoms. The Labute approximate surface area is 119 Å². The van der Waals surface area contributed by atoms with E-state index in [-0.39, 0.29) is 5.54 Å². The molecule has 104 valence electrons. The zero-order chi connectivity index (χ0) is 13.6. The summed E-state index contributed by atoms with van der Waals surface area (Å²) in [4.78, 5) is 11.5. The average Bonchev–Trinajstić information content (AvgIpc) is 3.17. The molecule has 0 amide bonds. The van der Waals surface area contributed by atoms with E-state index in [9.17, 15) is 0 Å². The minimum absolute atomic E-state index is 0.0541. The maximum atomic E-state index is 6.29. The molecule has 1 saturated heterocycles. The van der Waals surface area contributed by atoms with Crippen molar-refractivity contribution in [1.29, 1.82) is 0 Å². The lowest BCUT2D eigenvalue weighted by Gasteiger charge is -2.43. The van der Waals surface area contributed by atoms with Crippen LogP contribution in [0.4, 0.5) is 5.82 Å². The summed E-state index contributed by atoms with van der Waals surface area (Å²) < 4.78 is 5.58. The van der Waals surface area contributed by atoms with Gasteiger partial charge in [-0.05, 0) is 33.6 Å². The van der Waals surface area contributed by atoms with E-state index >= 15 is 0 Å². The van der Waals surface area contributed by atoms with Crippen molar-refractivity contribution in [3.8, 4) is 0 Å². The van der Waals surface area contributed by atoms with Crippen molar-refractivity contribution in [3.63, 3.8) is 0 Å². The topological polar surface area (TPSA) is 38.2 Å². The molecule has 4 nitrogen and oxygen atoms in total. The van der Waals surface area contributed by atoms with Gasteiger partial charge in [0.15, 0.2) is 0 Å². The van der Waals surface area contributed by atoms with E-state index in [4.69, 9.17) is 21.3 Å². The first kappa shape index (κ1) is 13.1. The Kier molecular flexibility index (Phi) is 3.18. The van der Waals surface area contributed by atoms with Crippen molar-refractivity contribution in [1.82, 2.24) is 9.97 Å². The number of halogens is 1. The van der Waals surface area contributed by atoms with Gasteiger partial charge in [0.25, 0.3) is 0 Å². The predicted octanol–water partition coefficient (Wildman–Crippen LogP) is 2.93. The summed E-state index contributed by atoms with van der Waals surface area (Å²) in [7, 11) is 0. The molecule has 19 heavy (non-hydrogen) atoms. The van der Waals surface area contributed by atoms with Gasteiger partial charge in [0.1, 0.15) is 16.8 Å². The zero-order valence-electron chi connectivity index (χ0n) is 11.7. The van der Waals surface area contributed by atoms with E-state index < -0.39 is 0 Å². The van der Waals surface area contributed by atoms with E-state index in [0.29, 0.717) is 17.7 Å². The molecule has 1 aliphatic carbocycles. The summed E-state index contributed by atoms with van der Waals surface area (Å²) in [6.45, 7) is 8.66. The number of hydrogen-bond acceptors (Lipinski definition) is 4. The Balaban J connectivity index is 2.02. The summed E-state index contributed by atoms with van der Waals surface area (Å²) >= 11 is 6.29. The highest BCUT2D eigenvalue weighted by atomic mass is 35.5. The average molecular weight is 282 g/mol. The zero-order valence-corrected chi connectivity index (χ0v) is 12.5. The molecule has 0 aromatic carbocycles.